The molecular formula is C14H26N4O2. The average molecular weight is 282 g/mol. The molecule has 2 amide bonds. The molecular weight excluding hydrogens is 256 g/mol. The molecule has 0 aromatic carbocycles. The van der Waals surface area contributed by atoms with Gasteiger partial charge in [0.05, 0.1) is 6.54 Å². The number of nitrogens with two attached hydrogens (primary N) is 1. The summed E-state index contributed by atoms with van der Waals surface area (Å²) in [6.45, 7) is 5.94. The van der Waals surface area contributed by atoms with Crippen LogP contribution in [-0.2, 0) is 9.59 Å². The highest BCUT2D eigenvalue weighted by Gasteiger charge is 2.31. The first kappa shape index (κ1) is 15.3. The summed E-state index contributed by atoms with van der Waals surface area (Å²) in [7, 11) is 0. The van der Waals surface area contributed by atoms with E-state index in [-0.39, 0.29) is 17.9 Å². The summed E-state index contributed by atoms with van der Waals surface area (Å²) >= 11 is 0. The second-order valence-electron chi connectivity index (χ2n) is 5.82. The lowest BCUT2D eigenvalue weighted by atomic mass is 10.1. The van der Waals surface area contributed by atoms with Gasteiger partial charge in [0, 0.05) is 45.2 Å². The van der Waals surface area contributed by atoms with Crippen molar-refractivity contribution in [1.82, 2.24) is 15.1 Å². The van der Waals surface area contributed by atoms with Gasteiger partial charge >= 0.3 is 0 Å². The van der Waals surface area contributed by atoms with Crippen molar-refractivity contribution in [2.45, 2.75) is 32.2 Å². The Labute approximate surface area is 120 Å². The topological polar surface area (TPSA) is 78.7 Å². The van der Waals surface area contributed by atoms with Crippen LogP contribution in [0.1, 0.15) is 26.2 Å². The lowest BCUT2D eigenvalue weighted by molar-refractivity contribution is -0.133. The number of hydrogen-bond donors (Lipinski definition) is 2. The van der Waals surface area contributed by atoms with E-state index in [9.17, 15) is 9.59 Å². The third-order valence-corrected chi connectivity index (χ3v) is 4.10. The fourth-order valence-electron chi connectivity index (χ4n) is 2.63. The van der Waals surface area contributed by atoms with Gasteiger partial charge in [-0.15, -0.1) is 0 Å². The summed E-state index contributed by atoms with van der Waals surface area (Å²) in [6, 6.07) is 0.0378. The van der Waals surface area contributed by atoms with E-state index in [0.29, 0.717) is 38.5 Å². The SMILES string of the molecule is CCNC(=O)CN1CCN(C(=O)CC(N)C2CC2)CC1. The van der Waals surface area contributed by atoms with E-state index >= 15 is 0 Å². The number of piperazine rings is 1. The summed E-state index contributed by atoms with van der Waals surface area (Å²) in [5.74, 6) is 0.795. The van der Waals surface area contributed by atoms with Crippen molar-refractivity contribution in [2.24, 2.45) is 11.7 Å². The molecule has 1 aliphatic carbocycles. The molecule has 0 bridgehead atoms. The van der Waals surface area contributed by atoms with Gasteiger partial charge in [-0.3, -0.25) is 14.5 Å². The fraction of sp³-hybridized carbons (Fsp3) is 0.857. The van der Waals surface area contributed by atoms with Crippen LogP contribution >= 0.6 is 0 Å². The minimum Gasteiger partial charge on any atom is -0.355 e. The minimum absolute atomic E-state index is 0.0378. The van der Waals surface area contributed by atoms with Gasteiger partial charge in [0.25, 0.3) is 0 Å². The predicted octanol–water partition coefficient (Wildman–Crippen LogP) is -0.606. The molecule has 1 unspecified atom stereocenters. The third kappa shape index (κ3) is 4.45. The van der Waals surface area contributed by atoms with Crippen molar-refractivity contribution in [3.8, 4) is 0 Å². The smallest absolute Gasteiger partial charge is 0.234 e. The number of hydrogen-bond acceptors (Lipinski definition) is 4. The van der Waals surface area contributed by atoms with Gasteiger partial charge in [0.2, 0.25) is 11.8 Å². The molecule has 1 aliphatic heterocycles. The Kier molecular flexibility index (Phi) is 5.37. The molecule has 20 heavy (non-hydrogen) atoms. The van der Waals surface area contributed by atoms with Crippen molar-refractivity contribution >= 4 is 11.8 Å². The fourth-order valence-corrected chi connectivity index (χ4v) is 2.63. The molecule has 3 N–H and O–H groups in total. The van der Waals surface area contributed by atoms with Gasteiger partial charge in [-0.1, -0.05) is 0 Å². The number of carbonyl (C=O) groups is 2. The van der Waals surface area contributed by atoms with E-state index in [0.717, 1.165) is 13.1 Å². The number of rotatable bonds is 6. The molecule has 114 valence electrons. The van der Waals surface area contributed by atoms with Gasteiger partial charge in [0.15, 0.2) is 0 Å². The van der Waals surface area contributed by atoms with Gasteiger partial charge in [-0.05, 0) is 25.7 Å². The lowest BCUT2D eigenvalue weighted by Gasteiger charge is -2.34. The minimum atomic E-state index is 0.0378. The molecule has 1 saturated carbocycles. The highest BCUT2D eigenvalue weighted by Crippen LogP contribution is 2.33. The molecule has 1 saturated heterocycles. The van der Waals surface area contributed by atoms with Crippen LogP contribution in [0, 0.1) is 5.92 Å². The zero-order valence-corrected chi connectivity index (χ0v) is 12.3. The van der Waals surface area contributed by atoms with E-state index in [2.05, 4.69) is 10.2 Å². The van der Waals surface area contributed by atoms with Crippen molar-refractivity contribution in [2.75, 3.05) is 39.3 Å². The van der Waals surface area contributed by atoms with Gasteiger partial charge in [-0.2, -0.15) is 0 Å². The molecule has 2 rings (SSSR count). The Balaban J connectivity index is 1.67. The van der Waals surface area contributed by atoms with E-state index < -0.39 is 0 Å². The standard InChI is InChI=1S/C14H26N4O2/c1-2-16-13(19)10-17-5-7-18(8-6-17)14(20)9-12(15)11-3-4-11/h11-12H,2-10,15H2,1H3,(H,16,19). The maximum Gasteiger partial charge on any atom is 0.234 e. The summed E-state index contributed by atoms with van der Waals surface area (Å²) in [4.78, 5) is 27.6. The molecule has 2 fully saturated rings. The molecule has 2 aliphatic rings. The van der Waals surface area contributed by atoms with Crippen LogP contribution in [0.4, 0.5) is 0 Å². The quantitative estimate of drug-likeness (QED) is 0.681. The number of amides is 2. The summed E-state index contributed by atoms with van der Waals surface area (Å²) in [5.41, 5.74) is 6.00. The first-order valence-corrected chi connectivity index (χ1v) is 7.62. The first-order valence-electron chi connectivity index (χ1n) is 7.62. The van der Waals surface area contributed by atoms with Crippen molar-refractivity contribution in [3.63, 3.8) is 0 Å². The van der Waals surface area contributed by atoms with Crippen LogP contribution in [0.2, 0.25) is 0 Å². The summed E-state index contributed by atoms with van der Waals surface area (Å²) in [5, 5.41) is 2.79. The predicted molar refractivity (Wildman–Crippen MR) is 77.0 cm³/mol. The molecule has 0 radical (unpaired) electrons. The molecule has 1 heterocycles. The summed E-state index contributed by atoms with van der Waals surface area (Å²) < 4.78 is 0. The van der Waals surface area contributed by atoms with Crippen molar-refractivity contribution in [1.29, 1.82) is 0 Å². The maximum absolute atomic E-state index is 12.1. The largest absolute Gasteiger partial charge is 0.355 e. The van der Waals surface area contributed by atoms with Gasteiger partial charge in [0.1, 0.15) is 0 Å². The highest BCUT2D eigenvalue weighted by atomic mass is 16.2. The van der Waals surface area contributed by atoms with Crippen LogP contribution in [0.3, 0.4) is 0 Å². The number of nitrogens with zero attached hydrogens (tertiary/aromatic N) is 2. The van der Waals surface area contributed by atoms with Gasteiger partial charge in [-0.25, -0.2) is 0 Å². The van der Waals surface area contributed by atoms with Crippen molar-refractivity contribution in [3.05, 3.63) is 0 Å². The normalized spacial score (nSPS) is 21.6. The average Bonchev–Trinajstić information content (AvgIpc) is 3.24. The van der Waals surface area contributed by atoms with Crippen LogP contribution in [0.25, 0.3) is 0 Å². The second-order valence-corrected chi connectivity index (χ2v) is 5.82. The number of carbonyl (C=O) groups excluding carboxylic acids is 2. The highest BCUT2D eigenvalue weighted by molar-refractivity contribution is 5.78. The first-order chi connectivity index (χ1) is 9.60. The Hall–Kier alpha value is -1.14. The number of likely N-dealkylation sites (N-methyl/N-ethyl adjacent to an activating group) is 1. The zero-order valence-electron chi connectivity index (χ0n) is 12.3. The second kappa shape index (κ2) is 7.04. The van der Waals surface area contributed by atoms with Crippen LogP contribution < -0.4 is 11.1 Å². The molecule has 6 heteroatoms. The Morgan fingerprint density at radius 3 is 2.45 bits per heavy atom. The Morgan fingerprint density at radius 1 is 1.25 bits per heavy atom. The maximum atomic E-state index is 12.1. The molecule has 0 spiro atoms. The van der Waals surface area contributed by atoms with Crippen LogP contribution in [0.5, 0.6) is 0 Å². The molecule has 1 atom stereocenters. The van der Waals surface area contributed by atoms with E-state index in [1.807, 2.05) is 11.8 Å². The molecule has 0 aromatic rings. The Bertz CT molecular complexity index is 349. The van der Waals surface area contributed by atoms with Crippen molar-refractivity contribution < 1.29 is 9.59 Å². The van der Waals surface area contributed by atoms with Gasteiger partial charge < -0.3 is 16.0 Å². The molecule has 0 aromatic heterocycles. The van der Waals surface area contributed by atoms with E-state index in [4.69, 9.17) is 5.73 Å². The van der Waals surface area contributed by atoms with Crippen LogP contribution in [-0.4, -0.2) is 66.9 Å². The molecule has 6 nitrogen and oxygen atoms in total. The van der Waals surface area contributed by atoms with E-state index in [1.165, 1.54) is 12.8 Å². The number of nitrogens with one attached hydrogen (secondary N) is 1. The third-order valence-electron chi connectivity index (χ3n) is 4.10. The van der Waals surface area contributed by atoms with Crippen LogP contribution in [0.15, 0.2) is 0 Å². The monoisotopic (exact) mass is 282 g/mol. The lowest BCUT2D eigenvalue weighted by Crippen LogP contribution is -2.51. The van der Waals surface area contributed by atoms with E-state index in [1.54, 1.807) is 0 Å². The Morgan fingerprint density at radius 2 is 1.90 bits per heavy atom. The summed E-state index contributed by atoms with van der Waals surface area (Å²) in [6.07, 6.45) is 2.82. The zero-order chi connectivity index (χ0) is 14.5.